The average molecular weight is 264 g/mol. The van der Waals surface area contributed by atoms with E-state index in [4.69, 9.17) is 5.53 Å². The third-order valence-corrected chi connectivity index (χ3v) is 2.45. The van der Waals surface area contributed by atoms with Crippen LogP contribution in [0.4, 0.5) is 0 Å². The van der Waals surface area contributed by atoms with Crippen LogP contribution in [0.1, 0.15) is 25.0 Å². The molecule has 2 N–H and O–H groups in total. The maximum absolute atomic E-state index is 11.4. The minimum atomic E-state index is -0.525. The predicted octanol–water partition coefficient (Wildman–Crippen LogP) is 1.12. The highest BCUT2D eigenvalue weighted by Gasteiger charge is 2.04. The van der Waals surface area contributed by atoms with Crippen LogP contribution in [-0.2, 0) is 16.0 Å². The Morgan fingerprint density at radius 3 is 3.00 bits per heavy atom. The Labute approximate surface area is 110 Å². The molecular formula is C11H16N6O2. The smallest absolute Gasteiger partial charge is 0.218 e. The van der Waals surface area contributed by atoms with Crippen molar-refractivity contribution in [2.45, 2.75) is 25.7 Å². The zero-order valence-electron chi connectivity index (χ0n) is 10.5. The first-order valence-corrected chi connectivity index (χ1v) is 6.00. The number of ketones is 1. The molecule has 0 aliphatic rings. The van der Waals surface area contributed by atoms with Crippen LogP contribution in [0.2, 0.25) is 0 Å². The number of Topliss-reactive ketones (excluding diaryl/α,β-unsaturated/α-hetero) is 1. The number of imidazole rings is 1. The fourth-order valence-corrected chi connectivity index (χ4v) is 1.50. The molecule has 0 fully saturated rings. The molecule has 0 saturated heterocycles. The summed E-state index contributed by atoms with van der Waals surface area (Å²) in [6.07, 6.45) is 4.97. The first-order chi connectivity index (χ1) is 9.22. The van der Waals surface area contributed by atoms with Crippen LogP contribution in [0.15, 0.2) is 17.6 Å². The zero-order chi connectivity index (χ0) is 13.9. The van der Waals surface area contributed by atoms with E-state index in [0.717, 1.165) is 12.1 Å². The molecule has 0 bridgehead atoms. The van der Waals surface area contributed by atoms with Crippen LogP contribution in [0.3, 0.4) is 0 Å². The highest BCUT2D eigenvalue weighted by molar-refractivity contribution is 5.81. The maximum Gasteiger partial charge on any atom is 0.218 e. The number of aromatic amines is 1. The van der Waals surface area contributed by atoms with E-state index >= 15 is 0 Å². The lowest BCUT2D eigenvalue weighted by atomic mass is 10.1. The molecule has 1 amide bonds. The number of aromatic nitrogens is 2. The summed E-state index contributed by atoms with van der Waals surface area (Å²) in [6.45, 7) is 0.968. The average Bonchev–Trinajstić information content (AvgIpc) is 2.88. The van der Waals surface area contributed by atoms with Crippen molar-refractivity contribution in [2.75, 3.05) is 13.1 Å². The van der Waals surface area contributed by atoms with Crippen LogP contribution >= 0.6 is 0 Å². The second-order valence-corrected chi connectivity index (χ2v) is 3.98. The molecule has 0 spiro atoms. The first kappa shape index (κ1) is 14.9. The molecule has 0 unspecified atom stereocenters. The van der Waals surface area contributed by atoms with Gasteiger partial charge < -0.3 is 10.3 Å². The van der Waals surface area contributed by atoms with Gasteiger partial charge in [0.25, 0.3) is 0 Å². The number of azide groups is 1. The van der Waals surface area contributed by atoms with Crippen LogP contribution in [0.5, 0.6) is 0 Å². The quantitative estimate of drug-likeness (QED) is 0.300. The summed E-state index contributed by atoms with van der Waals surface area (Å²) in [5.74, 6) is -0.485. The molecule has 102 valence electrons. The SMILES string of the molecule is [N-]=[N+]=NC(=O)CCCC(=O)CNCCc1cnc[nH]1. The number of rotatable bonds is 9. The van der Waals surface area contributed by atoms with E-state index in [1.807, 2.05) is 0 Å². The molecule has 0 saturated carbocycles. The van der Waals surface area contributed by atoms with Crippen molar-refractivity contribution in [2.24, 2.45) is 5.11 Å². The van der Waals surface area contributed by atoms with Crippen LogP contribution in [0.25, 0.3) is 10.4 Å². The minimum absolute atomic E-state index is 0.0401. The van der Waals surface area contributed by atoms with E-state index in [1.165, 1.54) is 0 Å². The first-order valence-electron chi connectivity index (χ1n) is 6.00. The summed E-state index contributed by atoms with van der Waals surface area (Å²) >= 11 is 0. The van der Waals surface area contributed by atoms with Gasteiger partial charge in [-0.1, -0.05) is 0 Å². The van der Waals surface area contributed by atoms with Gasteiger partial charge in [0, 0.05) is 42.6 Å². The van der Waals surface area contributed by atoms with Gasteiger partial charge in [-0.15, -0.1) is 0 Å². The Morgan fingerprint density at radius 2 is 2.32 bits per heavy atom. The highest BCUT2D eigenvalue weighted by atomic mass is 16.1. The molecule has 1 rings (SSSR count). The summed E-state index contributed by atoms with van der Waals surface area (Å²) in [5.41, 5.74) is 9.03. The van der Waals surface area contributed by atoms with Gasteiger partial charge in [-0.05, 0) is 17.1 Å². The van der Waals surface area contributed by atoms with Gasteiger partial charge in [0.15, 0.2) is 0 Å². The molecule has 19 heavy (non-hydrogen) atoms. The maximum atomic E-state index is 11.4. The Kier molecular flexibility index (Phi) is 6.93. The number of hydrogen-bond donors (Lipinski definition) is 2. The van der Waals surface area contributed by atoms with E-state index < -0.39 is 5.91 Å². The molecule has 0 aliphatic carbocycles. The van der Waals surface area contributed by atoms with Crippen LogP contribution in [-0.4, -0.2) is 34.7 Å². The third kappa shape index (κ3) is 6.97. The molecule has 0 aromatic carbocycles. The van der Waals surface area contributed by atoms with Gasteiger partial charge in [0.1, 0.15) is 5.78 Å². The van der Waals surface area contributed by atoms with E-state index in [-0.39, 0.29) is 18.7 Å². The number of amides is 1. The van der Waals surface area contributed by atoms with E-state index in [2.05, 4.69) is 25.3 Å². The summed E-state index contributed by atoms with van der Waals surface area (Å²) < 4.78 is 0. The van der Waals surface area contributed by atoms with Gasteiger partial charge >= 0.3 is 0 Å². The summed E-state index contributed by atoms with van der Waals surface area (Å²) in [7, 11) is 0. The van der Waals surface area contributed by atoms with Crippen molar-refractivity contribution < 1.29 is 9.59 Å². The van der Waals surface area contributed by atoms with Gasteiger partial charge in [0.05, 0.1) is 12.9 Å². The lowest BCUT2D eigenvalue weighted by Crippen LogP contribution is -2.25. The molecule has 1 aromatic rings. The number of hydrogen-bond acceptors (Lipinski definition) is 4. The Hall–Kier alpha value is -2.18. The Balaban J connectivity index is 2.01. The number of nitrogens with one attached hydrogen (secondary N) is 2. The number of H-pyrrole nitrogens is 1. The van der Waals surface area contributed by atoms with Crippen molar-refractivity contribution in [3.63, 3.8) is 0 Å². The lowest BCUT2D eigenvalue weighted by Gasteiger charge is -2.02. The fourth-order valence-electron chi connectivity index (χ4n) is 1.50. The van der Waals surface area contributed by atoms with Crippen LogP contribution < -0.4 is 5.32 Å². The topological polar surface area (TPSA) is 124 Å². The van der Waals surface area contributed by atoms with Crippen molar-refractivity contribution in [1.29, 1.82) is 0 Å². The van der Waals surface area contributed by atoms with Crippen LogP contribution in [0, 0.1) is 0 Å². The second-order valence-electron chi connectivity index (χ2n) is 3.98. The summed E-state index contributed by atoms with van der Waals surface area (Å²) in [5, 5.41) is 5.95. The largest absolute Gasteiger partial charge is 0.348 e. The molecule has 0 atom stereocenters. The predicted molar refractivity (Wildman–Crippen MR) is 68.2 cm³/mol. The minimum Gasteiger partial charge on any atom is -0.348 e. The number of nitrogens with zero attached hydrogens (tertiary/aromatic N) is 4. The molecule has 1 aromatic heterocycles. The van der Waals surface area contributed by atoms with E-state index in [0.29, 0.717) is 19.4 Å². The molecule has 1 heterocycles. The third-order valence-electron chi connectivity index (χ3n) is 2.45. The van der Waals surface area contributed by atoms with Gasteiger partial charge in [0.2, 0.25) is 5.91 Å². The van der Waals surface area contributed by atoms with Crippen molar-refractivity contribution in [3.8, 4) is 0 Å². The monoisotopic (exact) mass is 264 g/mol. The number of carbonyl (C=O) groups is 2. The van der Waals surface area contributed by atoms with Crippen molar-refractivity contribution in [3.05, 3.63) is 28.7 Å². The van der Waals surface area contributed by atoms with E-state index in [1.54, 1.807) is 12.5 Å². The molecule has 0 radical (unpaired) electrons. The highest BCUT2D eigenvalue weighted by Crippen LogP contribution is 1.98. The second kappa shape index (κ2) is 8.84. The Morgan fingerprint density at radius 1 is 1.47 bits per heavy atom. The number of carbonyl (C=O) groups excluding carboxylic acids is 2. The van der Waals surface area contributed by atoms with Gasteiger partial charge in [-0.3, -0.25) is 9.59 Å². The summed E-state index contributed by atoms with van der Waals surface area (Å²) in [4.78, 5) is 31.6. The zero-order valence-corrected chi connectivity index (χ0v) is 10.5. The molecular weight excluding hydrogens is 248 g/mol. The lowest BCUT2D eigenvalue weighted by molar-refractivity contribution is -0.119. The molecule has 8 heteroatoms. The van der Waals surface area contributed by atoms with Crippen molar-refractivity contribution in [1.82, 2.24) is 15.3 Å². The summed E-state index contributed by atoms with van der Waals surface area (Å²) in [6, 6.07) is 0. The standard InChI is InChI=1S/C11H16N6O2/c12-17-16-11(19)3-1-2-10(18)7-13-5-4-9-6-14-8-15-9/h6,8,13H,1-5,7H2,(H,14,15). The fraction of sp³-hybridized carbons (Fsp3) is 0.545. The van der Waals surface area contributed by atoms with Gasteiger partial charge in [-0.2, -0.15) is 0 Å². The Bertz CT molecular complexity index is 450. The molecule has 8 nitrogen and oxygen atoms in total. The van der Waals surface area contributed by atoms with Crippen molar-refractivity contribution >= 4 is 11.7 Å². The van der Waals surface area contributed by atoms with Gasteiger partial charge in [-0.25, -0.2) is 4.98 Å². The van der Waals surface area contributed by atoms with E-state index in [9.17, 15) is 9.59 Å². The normalized spacial score (nSPS) is 9.89. The molecule has 0 aliphatic heterocycles.